The van der Waals surface area contributed by atoms with Gasteiger partial charge in [-0.3, -0.25) is 9.48 Å². The van der Waals surface area contributed by atoms with Gasteiger partial charge in [0.25, 0.3) is 5.91 Å². The molecule has 1 aliphatic heterocycles. The first-order chi connectivity index (χ1) is 11.7. The summed E-state index contributed by atoms with van der Waals surface area (Å²) in [5, 5.41) is 4.07. The van der Waals surface area contributed by atoms with Gasteiger partial charge in [-0.2, -0.15) is 5.10 Å². The van der Waals surface area contributed by atoms with Gasteiger partial charge in [0.05, 0.1) is 18.0 Å². The average Bonchev–Trinajstić information content (AvgIpc) is 3.15. The molecule has 0 aliphatic carbocycles. The highest BCUT2D eigenvalue weighted by atomic mass is 32.2. The van der Waals surface area contributed by atoms with Crippen molar-refractivity contribution in [2.75, 3.05) is 19.3 Å². The fraction of sp³-hybridized carbons (Fsp3) is 0.375. The lowest BCUT2D eigenvalue weighted by atomic mass is 10.0. The van der Waals surface area contributed by atoms with E-state index in [0.717, 1.165) is 11.8 Å². The molecule has 1 aromatic carbocycles. The number of hydrogen-bond acceptors (Lipinski definition) is 4. The molecule has 0 radical (unpaired) electrons. The Kier molecular flexibility index (Phi) is 4.61. The smallest absolute Gasteiger partial charge is 0.256 e. The third-order valence-corrected chi connectivity index (χ3v) is 4.85. The van der Waals surface area contributed by atoms with Crippen LogP contribution in [0.3, 0.4) is 0 Å². The van der Waals surface area contributed by atoms with E-state index in [4.69, 9.17) is 0 Å². The minimum absolute atomic E-state index is 0.0265. The molecule has 1 fully saturated rings. The molecule has 0 spiro atoms. The number of amides is 1. The van der Waals surface area contributed by atoms with Gasteiger partial charge in [0.2, 0.25) is 10.0 Å². The minimum Gasteiger partial charge on any atom is -0.337 e. The molecule has 25 heavy (non-hydrogen) atoms. The van der Waals surface area contributed by atoms with E-state index >= 15 is 0 Å². The van der Waals surface area contributed by atoms with Crippen LogP contribution in [0.2, 0.25) is 0 Å². The molecule has 7 nitrogen and oxygen atoms in total. The van der Waals surface area contributed by atoms with Crippen molar-refractivity contribution in [1.82, 2.24) is 19.4 Å². The molecule has 2 aromatic rings. The summed E-state index contributed by atoms with van der Waals surface area (Å²) in [6, 6.07) is 4.02. The first-order valence-electron chi connectivity index (χ1n) is 7.78. The van der Waals surface area contributed by atoms with E-state index in [2.05, 4.69) is 9.82 Å². The molecule has 1 amide bonds. The number of carbonyl (C=O) groups excluding carboxylic acids is 1. The van der Waals surface area contributed by atoms with E-state index in [0.29, 0.717) is 18.5 Å². The first kappa shape index (κ1) is 17.6. The molecule has 9 heteroatoms. The third-order valence-electron chi connectivity index (χ3n) is 4.09. The zero-order valence-corrected chi connectivity index (χ0v) is 14.8. The second-order valence-corrected chi connectivity index (χ2v) is 8.00. The summed E-state index contributed by atoms with van der Waals surface area (Å²) in [5.41, 5.74) is 1.46. The number of likely N-dealkylation sites (tertiary alicyclic amines) is 1. The van der Waals surface area contributed by atoms with E-state index in [1.54, 1.807) is 30.2 Å². The summed E-state index contributed by atoms with van der Waals surface area (Å²) in [4.78, 5) is 14.1. The summed E-state index contributed by atoms with van der Waals surface area (Å²) in [7, 11) is -1.57. The maximum absolute atomic E-state index is 14.2. The van der Waals surface area contributed by atoms with Crippen LogP contribution in [-0.2, 0) is 17.1 Å². The number of nitrogens with one attached hydrogen (secondary N) is 1. The SMILES string of the molecule is Cn1cc(-c2ccc(F)c(C(=O)N3CC[C@H](NS(C)(=O)=O)C3)c2)cn1. The minimum atomic E-state index is -3.34. The van der Waals surface area contributed by atoms with Gasteiger partial charge >= 0.3 is 0 Å². The van der Waals surface area contributed by atoms with E-state index in [1.165, 1.54) is 17.0 Å². The number of benzene rings is 1. The number of aryl methyl sites for hydroxylation is 1. The van der Waals surface area contributed by atoms with Crippen LogP contribution in [0, 0.1) is 5.82 Å². The largest absolute Gasteiger partial charge is 0.337 e. The molecule has 0 unspecified atom stereocenters. The Hall–Kier alpha value is -2.26. The summed E-state index contributed by atoms with van der Waals surface area (Å²) in [5.74, 6) is -1.04. The summed E-state index contributed by atoms with van der Waals surface area (Å²) < 4.78 is 40.9. The number of nitrogens with zero attached hydrogens (tertiary/aromatic N) is 3. The highest BCUT2D eigenvalue weighted by molar-refractivity contribution is 7.88. The van der Waals surface area contributed by atoms with Crippen LogP contribution < -0.4 is 4.72 Å². The van der Waals surface area contributed by atoms with Crippen LogP contribution in [0.25, 0.3) is 11.1 Å². The van der Waals surface area contributed by atoms with Crippen LogP contribution >= 0.6 is 0 Å². The van der Waals surface area contributed by atoms with Crippen molar-refractivity contribution in [3.63, 3.8) is 0 Å². The molecule has 1 saturated heterocycles. The Morgan fingerprint density at radius 2 is 2.12 bits per heavy atom. The molecule has 1 aliphatic rings. The molecular formula is C16H19FN4O3S. The predicted molar refractivity (Wildman–Crippen MR) is 90.9 cm³/mol. The van der Waals surface area contributed by atoms with Crippen LogP contribution in [0.5, 0.6) is 0 Å². The Labute approximate surface area is 145 Å². The molecule has 0 saturated carbocycles. The van der Waals surface area contributed by atoms with Gasteiger partial charge in [-0.1, -0.05) is 6.07 Å². The van der Waals surface area contributed by atoms with Gasteiger partial charge in [0.15, 0.2) is 0 Å². The number of rotatable bonds is 4. The van der Waals surface area contributed by atoms with Crippen molar-refractivity contribution in [3.05, 3.63) is 42.0 Å². The normalized spacial score (nSPS) is 17.9. The number of hydrogen-bond donors (Lipinski definition) is 1. The van der Waals surface area contributed by atoms with Gasteiger partial charge in [-0.25, -0.2) is 17.5 Å². The number of carbonyl (C=O) groups is 1. The number of sulfonamides is 1. The van der Waals surface area contributed by atoms with Crippen molar-refractivity contribution < 1.29 is 17.6 Å². The molecule has 3 rings (SSSR count). The predicted octanol–water partition coefficient (Wildman–Crippen LogP) is 0.990. The lowest BCUT2D eigenvalue weighted by molar-refractivity contribution is 0.0785. The Morgan fingerprint density at radius 1 is 1.36 bits per heavy atom. The highest BCUT2D eigenvalue weighted by Crippen LogP contribution is 2.23. The second kappa shape index (κ2) is 6.57. The summed E-state index contributed by atoms with van der Waals surface area (Å²) >= 11 is 0. The molecule has 134 valence electrons. The number of aromatic nitrogens is 2. The lowest BCUT2D eigenvalue weighted by Gasteiger charge is -2.17. The Balaban J connectivity index is 1.80. The monoisotopic (exact) mass is 366 g/mol. The Morgan fingerprint density at radius 3 is 2.76 bits per heavy atom. The van der Waals surface area contributed by atoms with Gasteiger partial charge in [-0.05, 0) is 24.1 Å². The van der Waals surface area contributed by atoms with Gasteiger partial charge < -0.3 is 4.90 Å². The lowest BCUT2D eigenvalue weighted by Crippen LogP contribution is -2.38. The maximum Gasteiger partial charge on any atom is 0.256 e. The van der Waals surface area contributed by atoms with E-state index in [1.807, 2.05) is 0 Å². The molecule has 1 atom stereocenters. The fourth-order valence-corrected chi connectivity index (χ4v) is 3.75. The van der Waals surface area contributed by atoms with Crippen LogP contribution in [0.15, 0.2) is 30.6 Å². The molecular weight excluding hydrogens is 347 g/mol. The quantitative estimate of drug-likeness (QED) is 0.875. The van der Waals surface area contributed by atoms with E-state index in [-0.39, 0.29) is 18.2 Å². The molecule has 1 aromatic heterocycles. The second-order valence-electron chi connectivity index (χ2n) is 6.22. The van der Waals surface area contributed by atoms with Crippen molar-refractivity contribution in [1.29, 1.82) is 0 Å². The highest BCUT2D eigenvalue weighted by Gasteiger charge is 2.30. The van der Waals surface area contributed by atoms with E-state index in [9.17, 15) is 17.6 Å². The van der Waals surface area contributed by atoms with Gasteiger partial charge in [0.1, 0.15) is 5.82 Å². The van der Waals surface area contributed by atoms with E-state index < -0.39 is 21.7 Å². The third kappa shape index (κ3) is 4.05. The van der Waals surface area contributed by atoms with Gasteiger partial charge in [0, 0.05) is 37.9 Å². The zero-order valence-electron chi connectivity index (χ0n) is 13.9. The topological polar surface area (TPSA) is 84.3 Å². The van der Waals surface area contributed by atoms with Crippen molar-refractivity contribution >= 4 is 15.9 Å². The zero-order chi connectivity index (χ0) is 18.2. The average molecular weight is 366 g/mol. The van der Waals surface area contributed by atoms with Crippen LogP contribution in [-0.4, -0.2) is 54.4 Å². The molecule has 1 N–H and O–H groups in total. The summed E-state index contributed by atoms with van der Waals surface area (Å²) in [6.07, 6.45) is 5.00. The van der Waals surface area contributed by atoms with Crippen molar-refractivity contribution in [3.8, 4) is 11.1 Å². The first-order valence-corrected chi connectivity index (χ1v) is 9.67. The number of halogens is 1. The Bertz CT molecular complexity index is 910. The summed E-state index contributed by atoms with van der Waals surface area (Å²) in [6.45, 7) is 0.602. The van der Waals surface area contributed by atoms with Crippen molar-refractivity contribution in [2.24, 2.45) is 7.05 Å². The standard InChI is InChI=1S/C16H19FN4O3S/c1-20-9-12(8-18-20)11-3-4-15(17)14(7-11)16(22)21-6-5-13(10-21)19-25(2,23)24/h3-4,7-9,13,19H,5-6,10H2,1-2H3/t13-/m0/s1. The van der Waals surface area contributed by atoms with Crippen LogP contribution in [0.4, 0.5) is 4.39 Å². The van der Waals surface area contributed by atoms with Crippen molar-refractivity contribution in [2.45, 2.75) is 12.5 Å². The van der Waals surface area contributed by atoms with Gasteiger partial charge in [-0.15, -0.1) is 0 Å². The fourth-order valence-electron chi connectivity index (χ4n) is 2.95. The van der Waals surface area contributed by atoms with Crippen LogP contribution in [0.1, 0.15) is 16.8 Å². The molecule has 2 heterocycles. The molecule has 0 bridgehead atoms. The maximum atomic E-state index is 14.2.